The highest BCUT2D eigenvalue weighted by Gasteiger charge is 2.38. The zero-order valence-electron chi connectivity index (χ0n) is 16.2. The lowest BCUT2D eigenvalue weighted by molar-refractivity contribution is -0.129. The standard InChI is InChI=1S/C22H17ClN2O4S2/c23-17-7-9-24-18-6-5-13(11-16(17)18)12-25-10-8-15(21(25)26)20-14-3-1-2-4-19(14)30-22(20)31(27,28)29/h1-7,9,11,15H,8,10,12H2,(H,27,28,29)/t15-/m0/s1. The molecule has 4 aromatic rings. The zero-order valence-corrected chi connectivity index (χ0v) is 18.5. The third kappa shape index (κ3) is 3.59. The van der Waals surface area contributed by atoms with Crippen molar-refractivity contribution in [3.05, 3.63) is 70.9 Å². The predicted octanol–water partition coefficient (Wildman–Crippen LogP) is 4.87. The number of fused-ring (bicyclic) bond motifs is 2. The van der Waals surface area contributed by atoms with Crippen LogP contribution in [0.5, 0.6) is 0 Å². The molecule has 1 amide bonds. The normalized spacial score (nSPS) is 17.2. The van der Waals surface area contributed by atoms with Gasteiger partial charge < -0.3 is 4.90 Å². The fourth-order valence-electron chi connectivity index (χ4n) is 4.21. The molecule has 3 heterocycles. The molecule has 158 valence electrons. The monoisotopic (exact) mass is 472 g/mol. The maximum atomic E-state index is 13.3. The Balaban J connectivity index is 1.49. The third-order valence-electron chi connectivity index (χ3n) is 5.61. The summed E-state index contributed by atoms with van der Waals surface area (Å²) in [5.41, 5.74) is 2.10. The van der Waals surface area contributed by atoms with E-state index in [1.54, 1.807) is 41.4 Å². The van der Waals surface area contributed by atoms with E-state index in [-0.39, 0.29) is 10.1 Å². The molecule has 1 atom stereocenters. The summed E-state index contributed by atoms with van der Waals surface area (Å²) in [5, 5.41) is 2.12. The quantitative estimate of drug-likeness (QED) is 0.428. The minimum absolute atomic E-state index is 0.141. The Morgan fingerprint density at radius 2 is 1.97 bits per heavy atom. The van der Waals surface area contributed by atoms with Crippen LogP contribution in [0.2, 0.25) is 5.02 Å². The van der Waals surface area contributed by atoms with Crippen LogP contribution in [0, 0.1) is 0 Å². The van der Waals surface area contributed by atoms with E-state index >= 15 is 0 Å². The fourth-order valence-corrected chi connectivity index (χ4v) is 6.63. The van der Waals surface area contributed by atoms with E-state index in [4.69, 9.17) is 11.6 Å². The molecule has 0 radical (unpaired) electrons. The molecule has 1 fully saturated rings. The second-order valence-corrected chi connectivity index (χ2v) is 10.6. The van der Waals surface area contributed by atoms with Gasteiger partial charge >= 0.3 is 10.1 Å². The van der Waals surface area contributed by atoms with Crippen LogP contribution < -0.4 is 0 Å². The van der Waals surface area contributed by atoms with Crippen LogP contribution in [-0.4, -0.2) is 35.3 Å². The van der Waals surface area contributed by atoms with Crippen molar-refractivity contribution in [2.75, 3.05) is 6.54 Å². The van der Waals surface area contributed by atoms with E-state index in [0.717, 1.165) is 32.5 Å². The van der Waals surface area contributed by atoms with Gasteiger partial charge in [-0.05, 0) is 41.6 Å². The van der Waals surface area contributed by atoms with Crippen molar-refractivity contribution in [2.24, 2.45) is 0 Å². The van der Waals surface area contributed by atoms with Gasteiger partial charge in [-0.1, -0.05) is 35.9 Å². The van der Waals surface area contributed by atoms with Crippen molar-refractivity contribution in [3.63, 3.8) is 0 Å². The molecule has 0 spiro atoms. The molecular formula is C22H17ClN2O4S2. The van der Waals surface area contributed by atoms with Crippen LogP contribution in [0.25, 0.3) is 21.0 Å². The lowest BCUT2D eigenvalue weighted by atomic mass is 9.97. The number of amides is 1. The number of likely N-dealkylation sites (tertiary alicyclic amines) is 1. The van der Waals surface area contributed by atoms with Crippen LogP contribution in [0.3, 0.4) is 0 Å². The average Bonchev–Trinajstić information content (AvgIpc) is 3.29. The van der Waals surface area contributed by atoms with E-state index in [2.05, 4.69) is 4.98 Å². The summed E-state index contributed by atoms with van der Waals surface area (Å²) in [6.45, 7) is 0.886. The summed E-state index contributed by atoms with van der Waals surface area (Å²) < 4.78 is 34.4. The van der Waals surface area contributed by atoms with Crippen LogP contribution in [-0.2, 0) is 21.5 Å². The van der Waals surface area contributed by atoms with Gasteiger partial charge in [0.25, 0.3) is 0 Å². The maximum Gasteiger partial charge on any atom is 0.304 e. The summed E-state index contributed by atoms with van der Waals surface area (Å²) in [6.07, 6.45) is 2.13. The lowest BCUT2D eigenvalue weighted by Crippen LogP contribution is -2.26. The van der Waals surface area contributed by atoms with E-state index in [0.29, 0.717) is 35.5 Å². The molecule has 0 saturated carbocycles. The molecule has 2 aromatic heterocycles. The van der Waals surface area contributed by atoms with Gasteiger partial charge in [0.15, 0.2) is 4.21 Å². The predicted molar refractivity (Wildman–Crippen MR) is 121 cm³/mol. The average molecular weight is 473 g/mol. The number of pyridine rings is 1. The second kappa shape index (κ2) is 7.56. The van der Waals surface area contributed by atoms with Crippen LogP contribution in [0.1, 0.15) is 23.5 Å². The van der Waals surface area contributed by atoms with Crippen molar-refractivity contribution in [1.82, 2.24) is 9.88 Å². The van der Waals surface area contributed by atoms with Crippen molar-refractivity contribution in [1.29, 1.82) is 0 Å². The molecule has 2 aromatic carbocycles. The molecule has 1 N–H and O–H groups in total. The Bertz CT molecular complexity index is 1450. The Morgan fingerprint density at radius 1 is 1.16 bits per heavy atom. The molecule has 0 unspecified atom stereocenters. The van der Waals surface area contributed by atoms with Crippen LogP contribution in [0.4, 0.5) is 0 Å². The van der Waals surface area contributed by atoms with Crippen molar-refractivity contribution >= 4 is 60.0 Å². The SMILES string of the molecule is O=C1[C@H](c2c(S(=O)(=O)O)sc3ccccc23)CCN1Cc1ccc2nccc(Cl)c2c1. The van der Waals surface area contributed by atoms with E-state index in [1.165, 1.54) is 0 Å². The first-order chi connectivity index (χ1) is 14.8. The van der Waals surface area contributed by atoms with Crippen molar-refractivity contribution in [2.45, 2.75) is 23.1 Å². The zero-order chi connectivity index (χ0) is 21.8. The Hall–Kier alpha value is -2.52. The first kappa shape index (κ1) is 20.4. The molecular weight excluding hydrogens is 456 g/mol. The number of hydrogen-bond acceptors (Lipinski definition) is 5. The molecule has 9 heteroatoms. The van der Waals surface area contributed by atoms with Gasteiger partial charge in [-0.25, -0.2) is 0 Å². The molecule has 5 rings (SSSR count). The van der Waals surface area contributed by atoms with E-state index < -0.39 is 16.0 Å². The summed E-state index contributed by atoms with van der Waals surface area (Å²) in [7, 11) is -4.44. The van der Waals surface area contributed by atoms with Gasteiger partial charge in [-0.2, -0.15) is 8.42 Å². The number of thiophene rings is 1. The van der Waals surface area contributed by atoms with Gasteiger partial charge in [0.2, 0.25) is 5.91 Å². The number of carbonyl (C=O) groups excluding carboxylic acids is 1. The summed E-state index contributed by atoms with van der Waals surface area (Å²) in [4.78, 5) is 19.3. The van der Waals surface area contributed by atoms with Crippen molar-refractivity contribution < 1.29 is 17.8 Å². The first-order valence-corrected chi connectivity index (χ1v) is 12.3. The maximum absolute atomic E-state index is 13.3. The molecule has 6 nitrogen and oxygen atoms in total. The Morgan fingerprint density at radius 3 is 2.77 bits per heavy atom. The molecule has 0 bridgehead atoms. The highest BCUT2D eigenvalue weighted by Crippen LogP contribution is 2.43. The van der Waals surface area contributed by atoms with E-state index in [9.17, 15) is 17.8 Å². The first-order valence-electron chi connectivity index (χ1n) is 9.64. The number of halogens is 1. The minimum Gasteiger partial charge on any atom is -0.338 e. The minimum atomic E-state index is -4.44. The molecule has 31 heavy (non-hydrogen) atoms. The molecule has 0 aliphatic carbocycles. The molecule has 1 aliphatic rings. The van der Waals surface area contributed by atoms with Crippen molar-refractivity contribution in [3.8, 4) is 0 Å². The third-order valence-corrected chi connectivity index (χ3v) is 8.49. The smallest absolute Gasteiger partial charge is 0.304 e. The Kier molecular flexibility index (Phi) is 4.97. The number of benzene rings is 2. The van der Waals surface area contributed by atoms with Crippen LogP contribution >= 0.6 is 22.9 Å². The molecule has 1 aliphatic heterocycles. The Labute approximate surface area is 187 Å². The highest BCUT2D eigenvalue weighted by molar-refractivity contribution is 7.88. The number of hydrogen-bond donors (Lipinski definition) is 1. The number of nitrogens with zero attached hydrogens (tertiary/aromatic N) is 2. The largest absolute Gasteiger partial charge is 0.338 e. The number of carbonyl (C=O) groups is 1. The van der Waals surface area contributed by atoms with Crippen LogP contribution in [0.15, 0.2) is 58.9 Å². The van der Waals surface area contributed by atoms with Gasteiger partial charge in [0.1, 0.15) is 0 Å². The van der Waals surface area contributed by atoms with Gasteiger partial charge in [0.05, 0.1) is 16.5 Å². The van der Waals surface area contributed by atoms with Gasteiger partial charge in [-0.15, -0.1) is 11.3 Å². The van der Waals surface area contributed by atoms with Gasteiger partial charge in [-0.3, -0.25) is 14.3 Å². The van der Waals surface area contributed by atoms with E-state index in [1.807, 2.05) is 18.2 Å². The second-order valence-electron chi connectivity index (χ2n) is 7.52. The summed E-state index contributed by atoms with van der Waals surface area (Å²) in [5.74, 6) is -0.760. The number of rotatable bonds is 4. The topological polar surface area (TPSA) is 87.6 Å². The summed E-state index contributed by atoms with van der Waals surface area (Å²) in [6, 6.07) is 14.6. The number of aromatic nitrogens is 1. The lowest BCUT2D eigenvalue weighted by Gasteiger charge is -2.17. The van der Waals surface area contributed by atoms with Gasteiger partial charge in [0, 0.05) is 34.9 Å². The fraction of sp³-hybridized carbons (Fsp3) is 0.182. The highest BCUT2D eigenvalue weighted by atomic mass is 35.5. The molecule has 1 saturated heterocycles. The summed E-state index contributed by atoms with van der Waals surface area (Å²) >= 11 is 7.28.